The van der Waals surface area contributed by atoms with Crippen LogP contribution in [-0.4, -0.2) is 28.5 Å². The van der Waals surface area contributed by atoms with Gasteiger partial charge in [0.05, 0.1) is 49.8 Å². The summed E-state index contributed by atoms with van der Waals surface area (Å²) in [5.41, 5.74) is 12.5. The molecule has 0 N–H and O–H groups in total. The van der Waals surface area contributed by atoms with Crippen molar-refractivity contribution in [2.75, 3.05) is 0 Å². The summed E-state index contributed by atoms with van der Waals surface area (Å²) in [6, 6.07) is 59.8. The Morgan fingerprint density at radius 1 is 0.358 bits per heavy atom. The van der Waals surface area contributed by atoms with Crippen molar-refractivity contribution in [2.45, 2.75) is 0 Å². The van der Waals surface area contributed by atoms with Crippen LogP contribution in [-0.2, 0) is 0 Å². The van der Waals surface area contributed by atoms with Gasteiger partial charge in [0.15, 0.2) is 0 Å². The van der Waals surface area contributed by atoms with Crippen LogP contribution in [0.1, 0.15) is 0 Å². The van der Waals surface area contributed by atoms with Gasteiger partial charge in [-0.3, -0.25) is 8.97 Å². The monoisotopic (exact) mass is 676 g/mol. The molecule has 6 nitrogen and oxygen atoms in total. The summed E-state index contributed by atoms with van der Waals surface area (Å²) in [6.07, 6.45) is 0. The van der Waals surface area contributed by atoms with Crippen molar-refractivity contribution >= 4 is 82.1 Å². The normalized spacial score (nSPS) is 12.2. The number of nitrogens with zero attached hydrogens (tertiary/aromatic N) is 6. The Morgan fingerprint density at radius 3 is 1.77 bits per heavy atom. The van der Waals surface area contributed by atoms with Gasteiger partial charge in [0, 0.05) is 43.6 Å². The van der Waals surface area contributed by atoms with Crippen molar-refractivity contribution in [3.63, 3.8) is 0 Å². The number of aromatic nitrogens is 6. The number of rotatable bonds is 3. The molecule has 0 aliphatic heterocycles. The average Bonchev–Trinajstić information content (AvgIpc) is 3.89. The van der Waals surface area contributed by atoms with E-state index in [2.05, 4.69) is 171 Å². The zero-order valence-corrected chi connectivity index (χ0v) is 28.3. The third-order valence-corrected chi connectivity index (χ3v) is 10.8. The summed E-state index contributed by atoms with van der Waals surface area (Å²) in [5, 5.41) is 6.72. The van der Waals surface area contributed by atoms with Gasteiger partial charge in [-0.1, -0.05) is 127 Å². The SMILES string of the molecule is c1ccc(-c2nc(-n3c4ccccc4c4c3ccc3nc5c6ccccc6c6c(c7ccccc7n6-c6ccccc6)n5c34)nc3ccccc23)cc1. The number of imidazole rings is 1. The molecule has 0 atom stereocenters. The van der Waals surface area contributed by atoms with Gasteiger partial charge < -0.3 is 4.57 Å². The topological polar surface area (TPSA) is 52.9 Å². The molecule has 0 aliphatic rings. The molecule has 5 heterocycles. The number of fused-ring (bicyclic) bond motifs is 15. The second-order valence-corrected chi connectivity index (χ2v) is 13.6. The zero-order valence-electron chi connectivity index (χ0n) is 28.3. The van der Waals surface area contributed by atoms with Gasteiger partial charge in [0.1, 0.15) is 5.65 Å². The zero-order chi connectivity index (χ0) is 34.6. The van der Waals surface area contributed by atoms with Crippen LogP contribution in [0, 0.1) is 0 Å². The molecule has 6 heteroatoms. The fourth-order valence-electron chi connectivity index (χ4n) is 8.64. The third kappa shape index (κ3) is 3.84. The molecule has 0 saturated carbocycles. The minimum atomic E-state index is 0.637. The van der Waals surface area contributed by atoms with Crippen molar-refractivity contribution in [3.8, 4) is 22.9 Å². The molecule has 53 heavy (non-hydrogen) atoms. The summed E-state index contributed by atoms with van der Waals surface area (Å²) in [6.45, 7) is 0. The van der Waals surface area contributed by atoms with E-state index >= 15 is 0 Å². The average molecular weight is 677 g/mol. The third-order valence-electron chi connectivity index (χ3n) is 10.8. The van der Waals surface area contributed by atoms with E-state index in [1.165, 1.54) is 10.8 Å². The predicted octanol–water partition coefficient (Wildman–Crippen LogP) is 11.4. The lowest BCUT2D eigenvalue weighted by atomic mass is 10.1. The Bertz CT molecular complexity index is 3450. The molecule has 0 saturated heterocycles. The molecular weight excluding hydrogens is 649 g/mol. The maximum Gasteiger partial charge on any atom is 0.235 e. The van der Waals surface area contributed by atoms with E-state index in [0.717, 1.165) is 88.3 Å². The Hall–Kier alpha value is -7.31. The van der Waals surface area contributed by atoms with Crippen LogP contribution in [0.15, 0.2) is 170 Å². The molecule has 0 fully saturated rings. The van der Waals surface area contributed by atoms with E-state index in [1.807, 2.05) is 12.1 Å². The van der Waals surface area contributed by atoms with Crippen LogP contribution in [0.2, 0.25) is 0 Å². The summed E-state index contributed by atoms with van der Waals surface area (Å²) < 4.78 is 7.06. The van der Waals surface area contributed by atoms with E-state index in [-0.39, 0.29) is 0 Å². The first-order chi connectivity index (χ1) is 26.3. The standard InChI is InChI=1S/C47H28N6/c1-3-15-29(16-4-1)42-33-21-9-12-24-36(33)49-47(50-42)52-38-25-13-10-22-34(38)41-40(52)28-27-37-45(41)53-44-35-23-11-14-26-39(35)51(30-17-5-2-6-18-30)43(44)31-19-7-8-20-32(31)46(53)48-37/h1-28H. The van der Waals surface area contributed by atoms with Crippen molar-refractivity contribution in [1.82, 2.24) is 28.5 Å². The van der Waals surface area contributed by atoms with Crippen LogP contribution in [0.3, 0.4) is 0 Å². The van der Waals surface area contributed by atoms with Crippen LogP contribution in [0.5, 0.6) is 0 Å². The summed E-state index contributed by atoms with van der Waals surface area (Å²) in [7, 11) is 0. The summed E-state index contributed by atoms with van der Waals surface area (Å²) in [5.74, 6) is 0.637. The Kier molecular flexibility index (Phi) is 5.68. The highest BCUT2D eigenvalue weighted by molar-refractivity contribution is 6.26. The molecule has 0 aliphatic carbocycles. The molecule has 0 unspecified atom stereocenters. The van der Waals surface area contributed by atoms with E-state index < -0.39 is 0 Å². The molecule has 246 valence electrons. The molecule has 0 radical (unpaired) electrons. The number of hydrogen-bond donors (Lipinski definition) is 0. The highest BCUT2D eigenvalue weighted by Crippen LogP contribution is 2.43. The highest BCUT2D eigenvalue weighted by Gasteiger charge is 2.25. The maximum atomic E-state index is 5.43. The molecule has 7 aromatic carbocycles. The first kappa shape index (κ1) is 28.4. The Labute approximate surface area is 302 Å². The lowest BCUT2D eigenvalue weighted by Crippen LogP contribution is -2.03. The molecule has 0 spiro atoms. The van der Waals surface area contributed by atoms with E-state index in [9.17, 15) is 0 Å². The molecule has 0 bridgehead atoms. The van der Waals surface area contributed by atoms with Crippen molar-refractivity contribution in [2.24, 2.45) is 0 Å². The Morgan fingerprint density at radius 2 is 0.981 bits per heavy atom. The van der Waals surface area contributed by atoms with Crippen molar-refractivity contribution < 1.29 is 0 Å². The Balaban J connectivity index is 1.29. The summed E-state index contributed by atoms with van der Waals surface area (Å²) in [4.78, 5) is 16.0. The second-order valence-electron chi connectivity index (χ2n) is 13.6. The van der Waals surface area contributed by atoms with Crippen LogP contribution >= 0.6 is 0 Å². The van der Waals surface area contributed by atoms with Gasteiger partial charge in [0.25, 0.3) is 0 Å². The quantitative estimate of drug-likeness (QED) is 0.187. The van der Waals surface area contributed by atoms with Gasteiger partial charge >= 0.3 is 0 Å². The van der Waals surface area contributed by atoms with E-state index in [4.69, 9.17) is 15.0 Å². The minimum Gasteiger partial charge on any atom is -0.307 e. The number of hydrogen-bond acceptors (Lipinski definition) is 3. The largest absolute Gasteiger partial charge is 0.307 e. The number of para-hydroxylation sites is 4. The lowest BCUT2D eigenvalue weighted by Gasteiger charge is -2.12. The smallest absolute Gasteiger partial charge is 0.235 e. The molecule has 5 aromatic heterocycles. The summed E-state index contributed by atoms with van der Waals surface area (Å²) >= 11 is 0. The molecule has 0 amide bonds. The van der Waals surface area contributed by atoms with Crippen molar-refractivity contribution in [3.05, 3.63) is 170 Å². The minimum absolute atomic E-state index is 0.637. The van der Waals surface area contributed by atoms with Crippen molar-refractivity contribution in [1.29, 1.82) is 0 Å². The number of pyridine rings is 1. The first-order valence-corrected chi connectivity index (χ1v) is 17.9. The van der Waals surface area contributed by atoms with Crippen LogP contribution in [0.25, 0.3) is 105 Å². The van der Waals surface area contributed by atoms with Gasteiger partial charge in [-0.05, 0) is 42.5 Å². The molecular formula is C47H28N6. The van der Waals surface area contributed by atoms with E-state index in [1.54, 1.807) is 0 Å². The fraction of sp³-hybridized carbons (Fsp3) is 0. The van der Waals surface area contributed by atoms with Gasteiger partial charge in [-0.15, -0.1) is 0 Å². The lowest BCUT2D eigenvalue weighted by molar-refractivity contribution is 1.01. The highest BCUT2D eigenvalue weighted by atomic mass is 15.2. The van der Waals surface area contributed by atoms with Gasteiger partial charge in [-0.2, -0.15) is 0 Å². The van der Waals surface area contributed by atoms with Crippen LogP contribution < -0.4 is 0 Å². The van der Waals surface area contributed by atoms with Gasteiger partial charge in [-0.25, -0.2) is 15.0 Å². The fourth-order valence-corrected chi connectivity index (χ4v) is 8.64. The maximum absolute atomic E-state index is 5.43. The van der Waals surface area contributed by atoms with Gasteiger partial charge in [0.2, 0.25) is 5.95 Å². The second kappa shape index (κ2) is 10.6. The van der Waals surface area contributed by atoms with Crippen LogP contribution in [0.4, 0.5) is 0 Å². The predicted molar refractivity (Wildman–Crippen MR) is 217 cm³/mol. The number of benzene rings is 7. The molecule has 12 rings (SSSR count). The van der Waals surface area contributed by atoms with E-state index in [0.29, 0.717) is 5.95 Å². The first-order valence-electron chi connectivity index (χ1n) is 17.9. The molecule has 12 aromatic rings.